The first-order chi connectivity index (χ1) is 11.2. The second-order valence-corrected chi connectivity index (χ2v) is 9.03. The van der Waals surface area contributed by atoms with E-state index in [-0.39, 0.29) is 23.5 Å². The zero-order valence-corrected chi connectivity index (χ0v) is 15.6. The van der Waals surface area contributed by atoms with Crippen LogP contribution in [-0.2, 0) is 9.84 Å². The summed E-state index contributed by atoms with van der Waals surface area (Å²) in [6.45, 7) is 6.61. The third kappa shape index (κ3) is 4.90. The number of carbonyl (C=O) groups excluding carboxylic acids is 1. The summed E-state index contributed by atoms with van der Waals surface area (Å²) in [6, 6.07) is 1.50. The van der Waals surface area contributed by atoms with E-state index in [2.05, 4.69) is 29.1 Å². The molecule has 1 aromatic rings. The quantitative estimate of drug-likeness (QED) is 0.825. The van der Waals surface area contributed by atoms with Gasteiger partial charge in [0.1, 0.15) is 5.69 Å². The lowest BCUT2D eigenvalue weighted by Gasteiger charge is -2.23. The van der Waals surface area contributed by atoms with Gasteiger partial charge in [-0.1, -0.05) is 13.8 Å². The number of hydrogen-bond donors (Lipinski definition) is 1. The Bertz CT molecular complexity index is 703. The van der Waals surface area contributed by atoms with Crippen LogP contribution in [0, 0.1) is 12.8 Å². The van der Waals surface area contributed by atoms with Gasteiger partial charge in [-0.15, -0.1) is 0 Å². The van der Waals surface area contributed by atoms with Gasteiger partial charge >= 0.3 is 0 Å². The fraction of sp³-hybridized carbons (Fsp3) is 0.688. The van der Waals surface area contributed by atoms with E-state index in [1.54, 1.807) is 24.9 Å². The van der Waals surface area contributed by atoms with Crippen LogP contribution in [0.4, 0.5) is 5.95 Å². The highest BCUT2D eigenvalue weighted by atomic mass is 32.2. The first kappa shape index (κ1) is 18.6. The first-order valence-electron chi connectivity index (χ1n) is 8.25. The number of rotatable bonds is 6. The van der Waals surface area contributed by atoms with Crippen LogP contribution in [0.3, 0.4) is 0 Å². The molecule has 1 fully saturated rings. The molecule has 7 nitrogen and oxygen atoms in total. The van der Waals surface area contributed by atoms with Crippen molar-refractivity contribution in [1.29, 1.82) is 0 Å². The summed E-state index contributed by atoms with van der Waals surface area (Å²) in [5.41, 5.74) is 0.996. The van der Waals surface area contributed by atoms with E-state index in [4.69, 9.17) is 0 Å². The highest BCUT2D eigenvalue weighted by Crippen LogP contribution is 2.20. The SMILES string of the molecule is Cc1cc(C(=O)NCCC(C)C)nc(N(C)C2CCS(=O)(=O)C2)n1. The number of aryl methyl sites for hydroxylation is 1. The predicted octanol–water partition coefficient (Wildman–Crippen LogP) is 1.18. The van der Waals surface area contributed by atoms with E-state index in [1.165, 1.54) is 0 Å². The third-order valence-corrected chi connectivity index (χ3v) is 5.90. The van der Waals surface area contributed by atoms with Crippen molar-refractivity contribution in [3.05, 3.63) is 17.5 Å². The summed E-state index contributed by atoms with van der Waals surface area (Å²) in [7, 11) is -1.20. The van der Waals surface area contributed by atoms with Gasteiger partial charge in [0.2, 0.25) is 5.95 Å². The van der Waals surface area contributed by atoms with Gasteiger partial charge in [0.05, 0.1) is 11.5 Å². The van der Waals surface area contributed by atoms with Crippen molar-refractivity contribution in [3.63, 3.8) is 0 Å². The Kier molecular flexibility index (Phi) is 5.79. The lowest BCUT2D eigenvalue weighted by molar-refractivity contribution is 0.0946. The maximum Gasteiger partial charge on any atom is 0.270 e. The third-order valence-electron chi connectivity index (χ3n) is 4.15. The molecule has 1 amide bonds. The summed E-state index contributed by atoms with van der Waals surface area (Å²) in [4.78, 5) is 22.7. The van der Waals surface area contributed by atoms with Crippen LogP contribution in [0.1, 0.15) is 42.9 Å². The van der Waals surface area contributed by atoms with E-state index in [1.807, 2.05) is 0 Å². The summed E-state index contributed by atoms with van der Waals surface area (Å²) in [5.74, 6) is 0.983. The summed E-state index contributed by atoms with van der Waals surface area (Å²) < 4.78 is 23.3. The lowest BCUT2D eigenvalue weighted by atomic mass is 10.1. The molecule has 0 saturated carbocycles. The van der Waals surface area contributed by atoms with Gasteiger partial charge in [-0.2, -0.15) is 0 Å². The normalized spacial score (nSPS) is 19.5. The fourth-order valence-electron chi connectivity index (χ4n) is 2.64. The van der Waals surface area contributed by atoms with Crippen molar-refractivity contribution in [2.45, 2.75) is 39.7 Å². The highest BCUT2D eigenvalue weighted by Gasteiger charge is 2.32. The number of hydrogen-bond acceptors (Lipinski definition) is 6. The topological polar surface area (TPSA) is 92.3 Å². The van der Waals surface area contributed by atoms with E-state index in [0.29, 0.717) is 36.2 Å². The Labute approximate surface area is 143 Å². The second-order valence-electron chi connectivity index (χ2n) is 6.80. The molecule has 0 spiro atoms. The molecule has 1 saturated heterocycles. The highest BCUT2D eigenvalue weighted by molar-refractivity contribution is 7.91. The average Bonchev–Trinajstić information content (AvgIpc) is 2.85. The van der Waals surface area contributed by atoms with Crippen LogP contribution in [0.15, 0.2) is 6.07 Å². The van der Waals surface area contributed by atoms with Gasteiger partial charge < -0.3 is 10.2 Å². The molecule has 1 atom stereocenters. The Morgan fingerprint density at radius 1 is 1.42 bits per heavy atom. The number of amides is 1. The Morgan fingerprint density at radius 2 is 2.12 bits per heavy atom. The number of nitrogens with one attached hydrogen (secondary N) is 1. The molecular weight excluding hydrogens is 328 g/mol. The minimum Gasteiger partial charge on any atom is -0.351 e. The maximum atomic E-state index is 12.3. The lowest BCUT2D eigenvalue weighted by Crippen LogP contribution is -2.35. The van der Waals surface area contributed by atoms with Crippen LogP contribution in [0.5, 0.6) is 0 Å². The molecular formula is C16H26N4O3S. The van der Waals surface area contributed by atoms with Crippen molar-refractivity contribution in [2.75, 3.05) is 30.0 Å². The standard InChI is InChI=1S/C16H26N4O3S/c1-11(2)5-7-17-15(21)14-9-12(3)18-16(19-14)20(4)13-6-8-24(22,23)10-13/h9,11,13H,5-8,10H2,1-4H3,(H,17,21). The van der Waals surface area contributed by atoms with Crippen LogP contribution >= 0.6 is 0 Å². The molecule has 2 rings (SSSR count). The van der Waals surface area contributed by atoms with E-state index >= 15 is 0 Å². The van der Waals surface area contributed by atoms with Crippen LogP contribution in [-0.4, -0.2) is 55.4 Å². The molecule has 0 aliphatic carbocycles. The van der Waals surface area contributed by atoms with E-state index in [0.717, 1.165) is 6.42 Å². The van der Waals surface area contributed by atoms with E-state index in [9.17, 15) is 13.2 Å². The molecule has 0 aromatic carbocycles. The number of aromatic nitrogens is 2. The Morgan fingerprint density at radius 3 is 2.71 bits per heavy atom. The van der Waals surface area contributed by atoms with Crippen molar-refractivity contribution >= 4 is 21.7 Å². The van der Waals surface area contributed by atoms with Crippen molar-refractivity contribution in [3.8, 4) is 0 Å². The predicted molar refractivity (Wildman–Crippen MR) is 94.0 cm³/mol. The van der Waals surface area contributed by atoms with Crippen molar-refractivity contribution < 1.29 is 13.2 Å². The van der Waals surface area contributed by atoms with Gasteiger partial charge in [0.25, 0.3) is 5.91 Å². The van der Waals surface area contributed by atoms with Gasteiger partial charge in [-0.3, -0.25) is 4.79 Å². The molecule has 0 bridgehead atoms. The molecule has 134 valence electrons. The zero-order valence-electron chi connectivity index (χ0n) is 14.7. The molecule has 1 aliphatic heterocycles. The fourth-order valence-corrected chi connectivity index (χ4v) is 4.41. The Balaban J connectivity index is 2.11. The molecule has 24 heavy (non-hydrogen) atoms. The minimum absolute atomic E-state index is 0.108. The van der Waals surface area contributed by atoms with Gasteiger partial charge in [-0.25, -0.2) is 18.4 Å². The maximum absolute atomic E-state index is 12.3. The second kappa shape index (κ2) is 7.46. The molecule has 1 aliphatic rings. The minimum atomic E-state index is -2.98. The smallest absolute Gasteiger partial charge is 0.270 e. The number of nitrogens with zero attached hydrogens (tertiary/aromatic N) is 3. The first-order valence-corrected chi connectivity index (χ1v) is 10.1. The average molecular weight is 354 g/mol. The number of carbonyl (C=O) groups is 1. The molecule has 0 radical (unpaired) electrons. The van der Waals surface area contributed by atoms with Crippen molar-refractivity contribution in [1.82, 2.24) is 15.3 Å². The van der Waals surface area contributed by atoms with Gasteiger partial charge in [0, 0.05) is 25.3 Å². The van der Waals surface area contributed by atoms with E-state index < -0.39 is 9.84 Å². The molecule has 8 heteroatoms. The molecule has 1 N–H and O–H groups in total. The van der Waals surface area contributed by atoms with Crippen LogP contribution in [0.2, 0.25) is 0 Å². The zero-order chi connectivity index (χ0) is 17.9. The van der Waals surface area contributed by atoms with Gasteiger partial charge in [-0.05, 0) is 31.7 Å². The number of anilines is 1. The number of sulfone groups is 1. The summed E-state index contributed by atoms with van der Waals surface area (Å²) in [6.07, 6.45) is 1.47. The molecule has 1 aromatic heterocycles. The molecule has 1 unspecified atom stereocenters. The largest absolute Gasteiger partial charge is 0.351 e. The molecule has 2 heterocycles. The summed E-state index contributed by atoms with van der Waals surface area (Å²) >= 11 is 0. The van der Waals surface area contributed by atoms with Gasteiger partial charge in [0.15, 0.2) is 9.84 Å². The monoisotopic (exact) mass is 354 g/mol. The van der Waals surface area contributed by atoms with Crippen molar-refractivity contribution in [2.24, 2.45) is 5.92 Å². The Hall–Kier alpha value is -1.70. The van der Waals surface area contributed by atoms with Crippen LogP contribution < -0.4 is 10.2 Å². The summed E-state index contributed by atoms with van der Waals surface area (Å²) in [5, 5.41) is 2.86. The van der Waals surface area contributed by atoms with Crippen LogP contribution in [0.25, 0.3) is 0 Å².